The zero-order chi connectivity index (χ0) is 47.8. The van der Waals surface area contributed by atoms with Crippen LogP contribution in [0, 0.1) is 17.8 Å². The number of methoxy groups -OCH3 is 1. The molecule has 368 valence electrons. The van der Waals surface area contributed by atoms with E-state index in [1.165, 1.54) is 0 Å². The fourth-order valence-electron chi connectivity index (χ4n) is 11.1. The number of carbonyl (C=O) groups is 1. The van der Waals surface area contributed by atoms with Crippen LogP contribution in [0.5, 0.6) is 5.75 Å². The van der Waals surface area contributed by atoms with Gasteiger partial charge in [-0.15, -0.1) is 0 Å². The minimum absolute atomic E-state index is 0.00530. The maximum absolute atomic E-state index is 13.5. The van der Waals surface area contributed by atoms with Gasteiger partial charge in [0, 0.05) is 57.0 Å². The Hall–Kier alpha value is -1.71. The van der Waals surface area contributed by atoms with Crippen LogP contribution in [0.15, 0.2) is 36.4 Å². The van der Waals surface area contributed by atoms with E-state index in [1.54, 1.807) is 7.11 Å². The fourth-order valence-corrected chi connectivity index (χ4v) is 16.5. The van der Waals surface area contributed by atoms with Crippen molar-refractivity contribution in [2.75, 3.05) is 13.7 Å². The molecule has 0 unspecified atom stereocenters. The Morgan fingerprint density at radius 1 is 0.781 bits per heavy atom. The van der Waals surface area contributed by atoms with Crippen LogP contribution in [0.4, 0.5) is 0 Å². The molecule has 0 amide bonds. The Labute approximate surface area is 389 Å². The first-order valence-electron chi connectivity index (χ1n) is 24.6. The van der Waals surface area contributed by atoms with Crippen LogP contribution in [0.1, 0.15) is 161 Å². The Kier molecular flexibility index (Phi) is 20.2. The summed E-state index contributed by atoms with van der Waals surface area (Å²) in [5.74, 6) is -1.13. The Morgan fingerprint density at radius 2 is 1.34 bits per heavy atom. The van der Waals surface area contributed by atoms with Gasteiger partial charge in [0.25, 0.3) is 0 Å². The molecule has 0 bridgehead atoms. The van der Waals surface area contributed by atoms with Crippen molar-refractivity contribution < 1.29 is 52.2 Å². The van der Waals surface area contributed by atoms with Gasteiger partial charge in [-0.1, -0.05) is 93.5 Å². The quantitative estimate of drug-likeness (QED) is 0.0834. The molecule has 12 heteroatoms. The number of rotatable bonds is 23. The Bertz CT molecular complexity index is 1570. The van der Waals surface area contributed by atoms with E-state index in [0.717, 1.165) is 17.7 Å². The summed E-state index contributed by atoms with van der Waals surface area (Å²) < 4.78 is 57.2. The molecule has 3 fully saturated rings. The normalized spacial score (nSPS) is 28.8. The molecule has 0 aromatic heterocycles. The summed E-state index contributed by atoms with van der Waals surface area (Å²) in [5, 5.41) is 11.3. The molecule has 0 saturated carbocycles. The molecule has 1 N–H and O–H groups in total. The van der Waals surface area contributed by atoms with E-state index in [0.29, 0.717) is 61.4 Å². The topological polar surface area (TPSA) is 120 Å². The number of aliphatic hydroxyl groups excluding tert-OH is 1. The second-order valence-electron chi connectivity index (χ2n) is 21.9. The summed E-state index contributed by atoms with van der Waals surface area (Å²) in [6.07, 6.45) is 5.46. The Balaban J connectivity index is 1.30. The predicted octanol–water partition coefficient (Wildman–Crippen LogP) is 11.5. The molecule has 4 rings (SSSR count). The van der Waals surface area contributed by atoms with E-state index in [4.69, 9.17) is 42.3 Å². The molecule has 0 aliphatic carbocycles. The minimum atomic E-state index is -2.00. The molecular weight excluding hydrogens is 829 g/mol. The van der Waals surface area contributed by atoms with Gasteiger partial charge < -0.3 is 47.4 Å². The lowest BCUT2D eigenvalue weighted by Gasteiger charge is -2.48. The number of carbonyl (C=O) groups excluding carboxylic acids is 1. The lowest BCUT2D eigenvalue weighted by molar-refractivity contribution is -0.338. The summed E-state index contributed by atoms with van der Waals surface area (Å²) >= 11 is 0. The zero-order valence-corrected chi connectivity index (χ0v) is 43.9. The first-order chi connectivity index (χ1) is 29.7. The molecule has 3 aliphatic heterocycles. The molecule has 64 heavy (non-hydrogen) atoms. The van der Waals surface area contributed by atoms with Gasteiger partial charge in [0.2, 0.25) is 0 Å². The van der Waals surface area contributed by atoms with Crippen molar-refractivity contribution in [3.63, 3.8) is 0 Å². The van der Waals surface area contributed by atoms with E-state index in [1.807, 2.05) is 65.8 Å². The number of Topliss-reactive ketones (excluding diaryl/α,β-unsaturated/α-hetero) is 1. The van der Waals surface area contributed by atoms with Crippen molar-refractivity contribution in [1.29, 1.82) is 0 Å². The van der Waals surface area contributed by atoms with Crippen molar-refractivity contribution in [3.8, 4) is 5.75 Å². The number of hydrogen-bond acceptors (Lipinski definition) is 11. The van der Waals surface area contributed by atoms with Crippen molar-refractivity contribution >= 4 is 14.1 Å². The largest absolute Gasteiger partial charge is 0.497 e. The van der Waals surface area contributed by atoms with Crippen LogP contribution in [-0.2, 0) is 49.0 Å². The molecular formula is C52H90O11Si. The third-order valence-electron chi connectivity index (χ3n) is 13.7. The molecule has 1 aromatic rings. The van der Waals surface area contributed by atoms with E-state index < -0.39 is 31.8 Å². The van der Waals surface area contributed by atoms with Gasteiger partial charge in [-0.2, -0.15) is 0 Å². The van der Waals surface area contributed by atoms with E-state index >= 15 is 0 Å². The molecule has 0 radical (unpaired) electrons. The molecule has 3 saturated heterocycles. The standard InChI is InChI=1S/C52H90O11Si/c1-33(2)49(56-32-39-19-22-42(55-17)23-20-39)37(9)18-21-43-29-44(59-50(11,12)58-43)27-40(53)26-41(54)28-45-30-46(61-51(13,14)60-45)31-48-38(10)47(62-52(15,16)63-48)24-25-57-64(34(3)4,35(5)6)36(7)8/h18-23,33-38,41,43-49,54H,24-32H2,1-17H3/b21-18+/t37-,38-,41-,43-,44+,45+,46+,47-,48+,49-/m0/s1. The highest BCUT2D eigenvalue weighted by atomic mass is 28.4. The lowest BCUT2D eigenvalue weighted by atomic mass is 9.88. The summed E-state index contributed by atoms with van der Waals surface area (Å²) in [5.41, 5.74) is 2.66. The number of aliphatic hydroxyl groups is 1. The third kappa shape index (κ3) is 15.9. The van der Waals surface area contributed by atoms with Gasteiger partial charge in [0.1, 0.15) is 11.5 Å². The third-order valence-corrected chi connectivity index (χ3v) is 19.8. The van der Waals surface area contributed by atoms with Crippen LogP contribution >= 0.6 is 0 Å². The van der Waals surface area contributed by atoms with Gasteiger partial charge in [0.15, 0.2) is 25.7 Å². The SMILES string of the molecule is COc1ccc(CO[C@@H](C(C)C)[C@@H](C)/C=C/[C@H]2C[C@@H](CC(=O)C[C@H](O)C[C@@H]3C[C@H](C[C@H]4OC(C)(C)O[C@@H](CCO[Si](C(C)C)(C(C)C)C(C)C)[C@@H]4C)OC(C)(C)O3)OC(C)(C)O2)cc1. The fraction of sp³-hybridized carbons (Fsp3) is 0.827. The summed E-state index contributed by atoms with van der Waals surface area (Å²) in [4.78, 5) is 13.5. The second kappa shape index (κ2) is 23.5. The maximum atomic E-state index is 13.5. The monoisotopic (exact) mass is 919 g/mol. The van der Waals surface area contributed by atoms with Crippen LogP contribution in [0.25, 0.3) is 0 Å². The highest BCUT2D eigenvalue weighted by Crippen LogP contribution is 2.44. The van der Waals surface area contributed by atoms with Gasteiger partial charge in [-0.3, -0.25) is 4.79 Å². The smallest absolute Gasteiger partial charge is 0.200 e. The van der Waals surface area contributed by atoms with Gasteiger partial charge in [-0.05, 0) is 88.2 Å². The predicted molar refractivity (Wildman–Crippen MR) is 256 cm³/mol. The molecule has 3 aliphatic rings. The average Bonchev–Trinajstić information content (AvgIpc) is 3.15. The van der Waals surface area contributed by atoms with Crippen molar-refractivity contribution in [2.24, 2.45) is 17.8 Å². The number of ether oxygens (including phenoxy) is 8. The molecule has 3 heterocycles. The van der Waals surface area contributed by atoms with Crippen molar-refractivity contribution in [1.82, 2.24) is 0 Å². The molecule has 11 nitrogen and oxygen atoms in total. The van der Waals surface area contributed by atoms with Crippen LogP contribution in [0.2, 0.25) is 16.6 Å². The van der Waals surface area contributed by atoms with Crippen LogP contribution in [0.3, 0.4) is 0 Å². The van der Waals surface area contributed by atoms with Crippen molar-refractivity contribution in [3.05, 3.63) is 42.0 Å². The second-order valence-corrected chi connectivity index (χ2v) is 27.3. The zero-order valence-electron chi connectivity index (χ0n) is 42.9. The van der Waals surface area contributed by atoms with E-state index in [2.05, 4.69) is 81.4 Å². The van der Waals surface area contributed by atoms with Crippen LogP contribution < -0.4 is 4.74 Å². The van der Waals surface area contributed by atoms with Crippen LogP contribution in [-0.4, -0.2) is 99.1 Å². The average molecular weight is 919 g/mol. The summed E-state index contributed by atoms with van der Waals surface area (Å²) in [7, 11) is -0.332. The number of hydrogen-bond donors (Lipinski definition) is 1. The highest BCUT2D eigenvalue weighted by Gasteiger charge is 2.47. The number of benzene rings is 1. The van der Waals surface area contributed by atoms with Gasteiger partial charge in [0.05, 0.1) is 62.5 Å². The van der Waals surface area contributed by atoms with E-state index in [9.17, 15) is 9.90 Å². The summed E-state index contributed by atoms with van der Waals surface area (Å²) in [6.45, 7) is 35.5. The van der Waals surface area contributed by atoms with Gasteiger partial charge in [-0.25, -0.2) is 0 Å². The maximum Gasteiger partial charge on any atom is 0.200 e. The lowest BCUT2D eigenvalue weighted by Crippen LogP contribution is -2.53. The van der Waals surface area contributed by atoms with Crippen molar-refractivity contribution in [2.45, 2.75) is 245 Å². The van der Waals surface area contributed by atoms with E-state index in [-0.39, 0.29) is 73.2 Å². The van der Waals surface area contributed by atoms with Gasteiger partial charge >= 0.3 is 0 Å². The first-order valence-corrected chi connectivity index (χ1v) is 26.7. The Morgan fingerprint density at radius 3 is 1.94 bits per heavy atom. The minimum Gasteiger partial charge on any atom is -0.497 e. The molecule has 0 spiro atoms. The summed E-state index contributed by atoms with van der Waals surface area (Å²) in [6, 6.07) is 7.95. The highest BCUT2D eigenvalue weighted by molar-refractivity contribution is 6.77. The number of ketones is 1. The molecule has 10 atom stereocenters. The molecule has 1 aromatic carbocycles. The first kappa shape index (κ1) is 54.9.